The van der Waals surface area contributed by atoms with Crippen molar-refractivity contribution in [1.82, 2.24) is 4.57 Å². The standard InChI is InChI=1S/C19H12ClF2NO4/c20-17-16(27-10-12-1-4-13(21)9-15(12)22)7-8-23(18(17)24)14-5-2-11(3-6-14)19(25)26/h1-9H,10H2,(H,25,26). The van der Waals surface area contributed by atoms with E-state index in [1.165, 1.54) is 47.2 Å². The lowest BCUT2D eigenvalue weighted by atomic mass is 10.2. The van der Waals surface area contributed by atoms with Crippen molar-refractivity contribution in [2.75, 3.05) is 0 Å². The highest BCUT2D eigenvalue weighted by Crippen LogP contribution is 2.23. The SMILES string of the molecule is O=C(O)c1ccc(-n2ccc(OCc3ccc(F)cc3F)c(Cl)c2=O)cc1. The summed E-state index contributed by atoms with van der Waals surface area (Å²) in [6, 6.07) is 10.2. The van der Waals surface area contributed by atoms with Crippen LogP contribution in [0.15, 0.2) is 59.5 Å². The molecule has 3 rings (SSSR count). The highest BCUT2D eigenvalue weighted by Gasteiger charge is 2.12. The van der Waals surface area contributed by atoms with Crippen LogP contribution in [-0.4, -0.2) is 15.6 Å². The number of pyridine rings is 1. The summed E-state index contributed by atoms with van der Waals surface area (Å²) in [6.07, 6.45) is 1.40. The fourth-order valence-electron chi connectivity index (χ4n) is 2.37. The second-order valence-electron chi connectivity index (χ2n) is 5.55. The maximum atomic E-state index is 13.6. The van der Waals surface area contributed by atoms with Crippen molar-refractivity contribution in [3.05, 3.63) is 92.9 Å². The van der Waals surface area contributed by atoms with Gasteiger partial charge in [0.2, 0.25) is 0 Å². The first kappa shape index (κ1) is 18.6. The number of halogens is 3. The lowest BCUT2D eigenvalue weighted by molar-refractivity contribution is 0.0697. The van der Waals surface area contributed by atoms with Crippen LogP contribution < -0.4 is 10.3 Å². The summed E-state index contributed by atoms with van der Waals surface area (Å²) < 4.78 is 33.2. The molecule has 138 valence electrons. The number of aromatic nitrogens is 1. The van der Waals surface area contributed by atoms with Crippen molar-refractivity contribution in [1.29, 1.82) is 0 Å². The van der Waals surface area contributed by atoms with Crippen molar-refractivity contribution >= 4 is 17.6 Å². The van der Waals surface area contributed by atoms with Crippen molar-refractivity contribution < 1.29 is 23.4 Å². The van der Waals surface area contributed by atoms with Gasteiger partial charge in [-0.2, -0.15) is 0 Å². The summed E-state index contributed by atoms with van der Waals surface area (Å²) in [7, 11) is 0. The van der Waals surface area contributed by atoms with Crippen LogP contribution in [0.3, 0.4) is 0 Å². The van der Waals surface area contributed by atoms with Crippen LogP contribution in [0.2, 0.25) is 5.02 Å². The fourth-order valence-corrected chi connectivity index (χ4v) is 2.58. The maximum Gasteiger partial charge on any atom is 0.335 e. The number of aromatic carboxylic acids is 1. The second kappa shape index (κ2) is 7.59. The molecule has 0 saturated carbocycles. The third kappa shape index (κ3) is 3.98. The average Bonchev–Trinajstić information content (AvgIpc) is 2.64. The molecule has 5 nitrogen and oxygen atoms in total. The third-order valence-corrected chi connectivity index (χ3v) is 4.14. The molecule has 0 atom stereocenters. The van der Waals surface area contributed by atoms with E-state index in [1.54, 1.807) is 0 Å². The molecule has 3 aromatic rings. The molecule has 0 aliphatic rings. The minimum Gasteiger partial charge on any atom is -0.487 e. The van der Waals surface area contributed by atoms with Gasteiger partial charge in [-0.05, 0) is 42.5 Å². The number of ether oxygens (including phenoxy) is 1. The van der Waals surface area contributed by atoms with Crippen LogP contribution in [-0.2, 0) is 6.61 Å². The first-order valence-corrected chi connectivity index (χ1v) is 8.06. The summed E-state index contributed by atoms with van der Waals surface area (Å²) in [6.45, 7) is -0.234. The van der Waals surface area contributed by atoms with E-state index in [1.807, 2.05) is 0 Å². The lowest BCUT2D eigenvalue weighted by Gasteiger charge is -2.11. The van der Waals surface area contributed by atoms with Crippen LogP contribution in [0.1, 0.15) is 15.9 Å². The predicted molar refractivity (Wildman–Crippen MR) is 94.7 cm³/mol. The van der Waals surface area contributed by atoms with E-state index in [2.05, 4.69) is 0 Å². The van der Waals surface area contributed by atoms with E-state index in [9.17, 15) is 18.4 Å². The highest BCUT2D eigenvalue weighted by atomic mass is 35.5. The van der Waals surface area contributed by atoms with Gasteiger partial charge in [0.05, 0.1) is 5.56 Å². The van der Waals surface area contributed by atoms with Gasteiger partial charge < -0.3 is 9.84 Å². The summed E-state index contributed by atoms with van der Waals surface area (Å²) >= 11 is 6.06. The Morgan fingerprint density at radius 2 is 1.81 bits per heavy atom. The molecule has 8 heteroatoms. The van der Waals surface area contributed by atoms with Crippen molar-refractivity contribution in [2.45, 2.75) is 6.61 Å². The fraction of sp³-hybridized carbons (Fsp3) is 0.0526. The van der Waals surface area contributed by atoms with E-state index in [4.69, 9.17) is 21.4 Å². The molecule has 1 aromatic heterocycles. The first-order valence-electron chi connectivity index (χ1n) is 7.68. The van der Waals surface area contributed by atoms with Crippen molar-refractivity contribution in [3.8, 4) is 11.4 Å². The average molecular weight is 392 g/mol. The molecule has 1 heterocycles. The van der Waals surface area contributed by atoms with Gasteiger partial charge in [-0.1, -0.05) is 11.6 Å². The Bertz CT molecular complexity index is 1060. The van der Waals surface area contributed by atoms with Crippen molar-refractivity contribution in [3.63, 3.8) is 0 Å². The molecular weight excluding hydrogens is 380 g/mol. The molecule has 0 aliphatic carbocycles. The van der Waals surface area contributed by atoms with Crippen LogP contribution >= 0.6 is 11.6 Å². The van der Waals surface area contributed by atoms with Crippen LogP contribution in [0.5, 0.6) is 5.75 Å². The number of carbonyl (C=O) groups is 1. The Hall–Kier alpha value is -3.19. The zero-order valence-electron chi connectivity index (χ0n) is 13.7. The molecule has 27 heavy (non-hydrogen) atoms. The normalized spacial score (nSPS) is 10.6. The monoisotopic (exact) mass is 391 g/mol. The van der Waals surface area contributed by atoms with Gasteiger partial charge >= 0.3 is 5.97 Å². The van der Waals surface area contributed by atoms with Crippen LogP contribution in [0.25, 0.3) is 5.69 Å². The Labute approximate surface area is 157 Å². The first-order chi connectivity index (χ1) is 12.9. The minimum atomic E-state index is -1.08. The van der Waals surface area contributed by atoms with E-state index >= 15 is 0 Å². The Kier molecular flexibility index (Phi) is 5.23. The molecule has 0 bridgehead atoms. The Morgan fingerprint density at radius 1 is 1.11 bits per heavy atom. The van der Waals surface area contributed by atoms with E-state index < -0.39 is 23.2 Å². The summed E-state index contributed by atoms with van der Waals surface area (Å²) in [5.74, 6) is -2.50. The minimum absolute atomic E-state index is 0.0452. The summed E-state index contributed by atoms with van der Waals surface area (Å²) in [4.78, 5) is 23.3. The lowest BCUT2D eigenvalue weighted by Crippen LogP contribution is -2.19. The number of benzene rings is 2. The molecule has 0 amide bonds. The van der Waals surface area contributed by atoms with Gasteiger partial charge in [0.15, 0.2) is 0 Å². The van der Waals surface area contributed by atoms with Gasteiger partial charge in [-0.3, -0.25) is 9.36 Å². The molecular formula is C19H12ClF2NO4. The molecule has 0 spiro atoms. The molecule has 0 fully saturated rings. The van der Waals surface area contributed by atoms with Crippen LogP contribution in [0, 0.1) is 11.6 Å². The molecule has 0 unspecified atom stereocenters. The number of carboxylic acid groups (broad SMARTS) is 1. The Balaban J connectivity index is 1.84. The number of nitrogens with zero attached hydrogens (tertiary/aromatic N) is 1. The summed E-state index contributed by atoms with van der Waals surface area (Å²) in [5.41, 5.74) is 0.0277. The number of hydrogen-bond donors (Lipinski definition) is 1. The zero-order valence-corrected chi connectivity index (χ0v) is 14.4. The highest BCUT2D eigenvalue weighted by molar-refractivity contribution is 6.31. The zero-order chi connectivity index (χ0) is 19.6. The van der Waals surface area contributed by atoms with Gasteiger partial charge in [0, 0.05) is 23.5 Å². The largest absolute Gasteiger partial charge is 0.487 e. The van der Waals surface area contributed by atoms with Gasteiger partial charge in [-0.25, -0.2) is 13.6 Å². The molecule has 0 aliphatic heterocycles. The maximum absolute atomic E-state index is 13.6. The second-order valence-corrected chi connectivity index (χ2v) is 5.92. The van der Waals surface area contributed by atoms with Crippen molar-refractivity contribution in [2.24, 2.45) is 0 Å². The van der Waals surface area contributed by atoms with E-state index in [-0.39, 0.29) is 28.5 Å². The topological polar surface area (TPSA) is 68.5 Å². The molecule has 1 N–H and O–H groups in total. The summed E-state index contributed by atoms with van der Waals surface area (Å²) in [5, 5.41) is 8.70. The molecule has 0 saturated heterocycles. The Morgan fingerprint density at radius 3 is 2.44 bits per heavy atom. The van der Waals surface area contributed by atoms with E-state index in [0.29, 0.717) is 5.69 Å². The number of rotatable bonds is 5. The predicted octanol–water partition coefficient (Wildman–Crippen LogP) is 4.05. The van der Waals surface area contributed by atoms with Gasteiger partial charge in [0.1, 0.15) is 29.0 Å². The number of hydrogen-bond acceptors (Lipinski definition) is 3. The quantitative estimate of drug-likeness (QED) is 0.712. The third-order valence-electron chi connectivity index (χ3n) is 3.79. The molecule has 2 aromatic carbocycles. The van der Waals surface area contributed by atoms with Gasteiger partial charge in [-0.15, -0.1) is 0 Å². The number of carboxylic acids is 1. The van der Waals surface area contributed by atoms with Gasteiger partial charge in [0.25, 0.3) is 5.56 Å². The smallest absolute Gasteiger partial charge is 0.335 e. The van der Waals surface area contributed by atoms with E-state index in [0.717, 1.165) is 12.1 Å². The molecule has 0 radical (unpaired) electrons. The van der Waals surface area contributed by atoms with Crippen LogP contribution in [0.4, 0.5) is 8.78 Å².